The molecule has 0 amide bonds. The predicted octanol–water partition coefficient (Wildman–Crippen LogP) is 4.71. The molecule has 0 radical (unpaired) electrons. The summed E-state index contributed by atoms with van der Waals surface area (Å²) in [6, 6.07) is 10.6. The van der Waals surface area contributed by atoms with Crippen LogP contribution in [0.4, 0.5) is 5.69 Å². The summed E-state index contributed by atoms with van der Waals surface area (Å²) in [5.41, 5.74) is 1.83. The molecule has 1 heteroatoms. The van der Waals surface area contributed by atoms with Crippen LogP contribution >= 0.6 is 0 Å². The van der Waals surface area contributed by atoms with Crippen molar-refractivity contribution < 1.29 is 0 Å². The number of rotatable bonds is 5. The van der Waals surface area contributed by atoms with Gasteiger partial charge in [0.05, 0.1) is 0 Å². The molecule has 94 valence electrons. The molecule has 0 saturated heterocycles. The lowest BCUT2D eigenvalue weighted by Crippen LogP contribution is -2.28. The van der Waals surface area contributed by atoms with Crippen LogP contribution in [0.2, 0.25) is 0 Å². The molecule has 2 rings (SSSR count). The molecule has 0 aromatic heterocycles. The van der Waals surface area contributed by atoms with Crippen molar-refractivity contribution in [1.82, 2.24) is 0 Å². The van der Waals surface area contributed by atoms with Gasteiger partial charge in [0.25, 0.3) is 0 Å². The number of hydrogen-bond acceptors (Lipinski definition) is 1. The Kier molecular flexibility index (Phi) is 4.09. The van der Waals surface area contributed by atoms with Gasteiger partial charge in [-0.25, -0.2) is 0 Å². The van der Waals surface area contributed by atoms with Gasteiger partial charge in [0.1, 0.15) is 0 Å². The molecule has 0 unspecified atom stereocenters. The average molecular weight is 231 g/mol. The standard InChI is InChI=1S/C16H25N/c1-14(2)12-16(10-6-7-11-16)13-17-15-8-4-3-5-9-15/h3-5,8-9,14,17H,6-7,10-13H2,1-2H3. The number of para-hydroxylation sites is 1. The maximum absolute atomic E-state index is 3.63. The van der Waals surface area contributed by atoms with Crippen molar-refractivity contribution in [1.29, 1.82) is 0 Å². The first-order valence-corrected chi connectivity index (χ1v) is 6.99. The van der Waals surface area contributed by atoms with E-state index < -0.39 is 0 Å². The van der Waals surface area contributed by atoms with Gasteiger partial charge in [-0.3, -0.25) is 0 Å². The van der Waals surface area contributed by atoms with Crippen LogP contribution in [0.1, 0.15) is 46.0 Å². The minimum Gasteiger partial charge on any atom is -0.384 e. The smallest absolute Gasteiger partial charge is 0.0340 e. The summed E-state index contributed by atoms with van der Waals surface area (Å²) >= 11 is 0. The largest absolute Gasteiger partial charge is 0.384 e. The van der Waals surface area contributed by atoms with Crippen molar-refractivity contribution in [3.63, 3.8) is 0 Å². The second-order valence-corrected chi connectivity index (χ2v) is 6.02. The van der Waals surface area contributed by atoms with Crippen LogP contribution < -0.4 is 5.32 Å². The first-order valence-electron chi connectivity index (χ1n) is 6.99. The second-order valence-electron chi connectivity index (χ2n) is 6.02. The lowest BCUT2D eigenvalue weighted by molar-refractivity contribution is 0.252. The lowest BCUT2D eigenvalue weighted by Gasteiger charge is -2.31. The van der Waals surface area contributed by atoms with Crippen molar-refractivity contribution in [2.24, 2.45) is 11.3 Å². The molecule has 0 aliphatic heterocycles. The lowest BCUT2D eigenvalue weighted by atomic mass is 9.78. The minimum absolute atomic E-state index is 0.560. The first kappa shape index (κ1) is 12.5. The van der Waals surface area contributed by atoms with Gasteiger partial charge < -0.3 is 5.32 Å². The van der Waals surface area contributed by atoms with E-state index in [-0.39, 0.29) is 0 Å². The van der Waals surface area contributed by atoms with Crippen molar-refractivity contribution in [2.75, 3.05) is 11.9 Å². The third-order valence-corrected chi connectivity index (χ3v) is 3.95. The number of nitrogens with one attached hydrogen (secondary N) is 1. The summed E-state index contributed by atoms with van der Waals surface area (Å²) in [5, 5.41) is 3.63. The van der Waals surface area contributed by atoms with Gasteiger partial charge in [-0.05, 0) is 42.7 Å². The number of anilines is 1. The van der Waals surface area contributed by atoms with Gasteiger partial charge in [0, 0.05) is 12.2 Å². The highest BCUT2D eigenvalue weighted by atomic mass is 14.9. The molecule has 1 aliphatic carbocycles. The molecule has 0 spiro atoms. The Morgan fingerprint density at radius 2 is 1.76 bits per heavy atom. The van der Waals surface area contributed by atoms with Crippen molar-refractivity contribution >= 4 is 5.69 Å². The van der Waals surface area contributed by atoms with Gasteiger partial charge in [-0.1, -0.05) is 44.9 Å². The van der Waals surface area contributed by atoms with E-state index in [0.717, 1.165) is 12.5 Å². The van der Waals surface area contributed by atoms with E-state index in [1.54, 1.807) is 0 Å². The third kappa shape index (κ3) is 3.49. The SMILES string of the molecule is CC(C)CC1(CNc2ccccc2)CCCC1. The Labute approximate surface area is 106 Å². The molecule has 0 atom stereocenters. The van der Waals surface area contributed by atoms with E-state index in [1.807, 2.05) is 0 Å². The number of hydrogen-bond donors (Lipinski definition) is 1. The maximum atomic E-state index is 3.63. The van der Waals surface area contributed by atoms with E-state index in [9.17, 15) is 0 Å². The first-order chi connectivity index (χ1) is 8.20. The van der Waals surface area contributed by atoms with Crippen LogP contribution in [0.3, 0.4) is 0 Å². The van der Waals surface area contributed by atoms with E-state index in [4.69, 9.17) is 0 Å². The normalized spacial score (nSPS) is 18.5. The molecule has 1 fully saturated rings. The quantitative estimate of drug-likeness (QED) is 0.774. The van der Waals surface area contributed by atoms with E-state index in [1.165, 1.54) is 37.8 Å². The summed E-state index contributed by atoms with van der Waals surface area (Å²) in [7, 11) is 0. The summed E-state index contributed by atoms with van der Waals surface area (Å²) in [6.45, 7) is 5.85. The van der Waals surface area contributed by atoms with Crippen LogP contribution in [0.15, 0.2) is 30.3 Å². The second kappa shape index (κ2) is 5.57. The van der Waals surface area contributed by atoms with Crippen molar-refractivity contribution in [3.05, 3.63) is 30.3 Å². The molecular formula is C16H25N. The monoisotopic (exact) mass is 231 g/mol. The zero-order valence-electron chi connectivity index (χ0n) is 11.2. The molecule has 1 nitrogen and oxygen atoms in total. The van der Waals surface area contributed by atoms with Crippen molar-refractivity contribution in [2.45, 2.75) is 46.0 Å². The molecule has 1 saturated carbocycles. The molecule has 1 aromatic rings. The molecule has 17 heavy (non-hydrogen) atoms. The van der Waals surface area contributed by atoms with Gasteiger partial charge in [-0.2, -0.15) is 0 Å². The fourth-order valence-corrected chi connectivity index (χ4v) is 3.29. The van der Waals surface area contributed by atoms with Crippen LogP contribution in [0.5, 0.6) is 0 Å². The predicted molar refractivity (Wildman–Crippen MR) is 75.3 cm³/mol. The van der Waals surface area contributed by atoms with Crippen LogP contribution in [-0.4, -0.2) is 6.54 Å². The van der Waals surface area contributed by atoms with Crippen LogP contribution in [0, 0.1) is 11.3 Å². The van der Waals surface area contributed by atoms with Gasteiger partial charge in [-0.15, -0.1) is 0 Å². The van der Waals surface area contributed by atoms with E-state index >= 15 is 0 Å². The summed E-state index contributed by atoms with van der Waals surface area (Å²) < 4.78 is 0. The molecule has 0 heterocycles. The maximum Gasteiger partial charge on any atom is 0.0340 e. The number of benzene rings is 1. The Morgan fingerprint density at radius 3 is 2.35 bits per heavy atom. The highest BCUT2D eigenvalue weighted by Gasteiger charge is 2.33. The Bertz CT molecular complexity index is 323. The topological polar surface area (TPSA) is 12.0 Å². The summed E-state index contributed by atoms with van der Waals surface area (Å²) in [5.74, 6) is 0.811. The molecule has 0 bridgehead atoms. The van der Waals surface area contributed by atoms with Gasteiger partial charge >= 0.3 is 0 Å². The summed E-state index contributed by atoms with van der Waals surface area (Å²) in [6.07, 6.45) is 7.02. The Morgan fingerprint density at radius 1 is 1.12 bits per heavy atom. The van der Waals surface area contributed by atoms with Crippen LogP contribution in [0.25, 0.3) is 0 Å². The Balaban J connectivity index is 1.94. The minimum atomic E-state index is 0.560. The fourth-order valence-electron chi connectivity index (χ4n) is 3.29. The molecule has 1 aliphatic rings. The fraction of sp³-hybridized carbons (Fsp3) is 0.625. The zero-order chi connectivity index (χ0) is 12.1. The average Bonchev–Trinajstić information content (AvgIpc) is 2.76. The van der Waals surface area contributed by atoms with E-state index in [0.29, 0.717) is 5.41 Å². The third-order valence-electron chi connectivity index (χ3n) is 3.95. The van der Waals surface area contributed by atoms with E-state index in [2.05, 4.69) is 49.5 Å². The summed E-state index contributed by atoms with van der Waals surface area (Å²) in [4.78, 5) is 0. The molecular weight excluding hydrogens is 206 g/mol. The molecule has 1 N–H and O–H groups in total. The highest BCUT2D eigenvalue weighted by Crippen LogP contribution is 2.43. The van der Waals surface area contributed by atoms with Crippen LogP contribution in [-0.2, 0) is 0 Å². The van der Waals surface area contributed by atoms with Gasteiger partial charge in [0.2, 0.25) is 0 Å². The van der Waals surface area contributed by atoms with Gasteiger partial charge in [0.15, 0.2) is 0 Å². The zero-order valence-corrected chi connectivity index (χ0v) is 11.2. The molecule has 1 aromatic carbocycles. The Hall–Kier alpha value is -0.980. The van der Waals surface area contributed by atoms with Crippen molar-refractivity contribution in [3.8, 4) is 0 Å². The highest BCUT2D eigenvalue weighted by molar-refractivity contribution is 5.42.